The molecule has 9 nitrogen and oxygen atoms in total. The van der Waals surface area contributed by atoms with Crippen LogP contribution >= 0.6 is 0 Å². The molecule has 1 aliphatic rings. The number of anilines is 2. The number of aromatic nitrogens is 4. The highest BCUT2D eigenvalue weighted by Gasteiger charge is 2.40. The van der Waals surface area contributed by atoms with Crippen LogP contribution < -0.4 is 11.1 Å². The molecule has 1 saturated heterocycles. The summed E-state index contributed by atoms with van der Waals surface area (Å²) in [6.07, 6.45) is -7.52. The topological polar surface area (TPSA) is 119 Å². The van der Waals surface area contributed by atoms with Crippen LogP contribution in [0.15, 0.2) is 36.7 Å². The van der Waals surface area contributed by atoms with Crippen molar-refractivity contribution in [3.8, 4) is 0 Å². The van der Waals surface area contributed by atoms with Crippen molar-refractivity contribution in [1.82, 2.24) is 24.4 Å². The average molecular weight is 580 g/mol. The van der Waals surface area contributed by atoms with Gasteiger partial charge in [-0.2, -0.15) is 26.3 Å². The summed E-state index contributed by atoms with van der Waals surface area (Å²) in [6, 6.07) is 3.56. The van der Waals surface area contributed by atoms with Gasteiger partial charge >= 0.3 is 12.4 Å². The van der Waals surface area contributed by atoms with E-state index >= 15 is 0 Å². The number of alkyl halides is 6. The summed E-state index contributed by atoms with van der Waals surface area (Å²) in [4.78, 5) is 39.7. The van der Waals surface area contributed by atoms with Gasteiger partial charge in [0, 0.05) is 11.4 Å². The molecule has 5 rings (SSSR count). The highest BCUT2D eigenvalue weighted by Crippen LogP contribution is 2.39. The Labute approximate surface area is 228 Å². The SMILES string of the molecule is Cc1cc(C(F)(F)F)cc2c3c(N)ncnc3n(CC(=O)N3[C@H](C)CC[C@H]3C(=O)Nc3cccc(C(F)(F)F)n3)c12. The highest BCUT2D eigenvalue weighted by molar-refractivity contribution is 6.13. The molecule has 0 bridgehead atoms. The van der Waals surface area contributed by atoms with E-state index in [2.05, 4.69) is 20.3 Å². The Morgan fingerprint density at radius 2 is 1.80 bits per heavy atom. The van der Waals surface area contributed by atoms with Gasteiger partial charge in [-0.15, -0.1) is 0 Å². The van der Waals surface area contributed by atoms with E-state index in [0.29, 0.717) is 11.9 Å². The van der Waals surface area contributed by atoms with Crippen molar-refractivity contribution in [1.29, 1.82) is 0 Å². The number of pyridine rings is 1. The summed E-state index contributed by atoms with van der Waals surface area (Å²) >= 11 is 0. The molecule has 0 aliphatic carbocycles. The predicted octanol–water partition coefficient (Wildman–Crippen LogP) is 4.93. The molecule has 3 N–H and O–H groups in total. The van der Waals surface area contributed by atoms with E-state index in [9.17, 15) is 35.9 Å². The van der Waals surface area contributed by atoms with Gasteiger partial charge in [0.05, 0.1) is 16.5 Å². The molecule has 216 valence electrons. The van der Waals surface area contributed by atoms with E-state index in [4.69, 9.17) is 5.73 Å². The second kappa shape index (κ2) is 9.89. The highest BCUT2D eigenvalue weighted by atomic mass is 19.4. The van der Waals surface area contributed by atoms with Gasteiger partial charge in [0.2, 0.25) is 11.8 Å². The first kappa shape index (κ1) is 28.1. The van der Waals surface area contributed by atoms with Gasteiger partial charge in [0.25, 0.3) is 0 Å². The van der Waals surface area contributed by atoms with E-state index in [1.807, 2.05) is 0 Å². The summed E-state index contributed by atoms with van der Waals surface area (Å²) in [5, 5.41) is 2.64. The maximum absolute atomic E-state index is 13.7. The summed E-state index contributed by atoms with van der Waals surface area (Å²) in [5.74, 6) is -1.63. The molecule has 1 aromatic carbocycles. The van der Waals surface area contributed by atoms with Crippen molar-refractivity contribution < 1.29 is 35.9 Å². The lowest BCUT2D eigenvalue weighted by molar-refractivity contribution is -0.141. The number of benzene rings is 1. The lowest BCUT2D eigenvalue weighted by Gasteiger charge is -2.28. The summed E-state index contributed by atoms with van der Waals surface area (Å²) in [6.45, 7) is 2.80. The van der Waals surface area contributed by atoms with Gasteiger partial charge in [-0.25, -0.2) is 15.0 Å². The summed E-state index contributed by atoms with van der Waals surface area (Å²) < 4.78 is 81.4. The Morgan fingerprint density at radius 3 is 2.49 bits per heavy atom. The Bertz CT molecular complexity index is 1680. The molecule has 1 aliphatic heterocycles. The third-order valence-electron chi connectivity index (χ3n) is 7.12. The standard InChI is InChI=1S/C26H23F6N7O2/c1-12-8-14(25(27,28)29)9-15-20-22(33)34-11-35-23(20)38(21(12)15)10-19(40)39-13(2)6-7-16(39)24(41)37-18-5-3-4-17(36-18)26(30,31)32/h3-5,8-9,11,13,16H,6-7,10H2,1-2H3,(H2,33,34,35)(H,36,37,41)/t13-,16+/m1/s1. The smallest absolute Gasteiger partial charge is 0.383 e. The van der Waals surface area contributed by atoms with Gasteiger partial charge in [-0.1, -0.05) is 6.07 Å². The maximum atomic E-state index is 13.7. The number of nitrogens with zero attached hydrogens (tertiary/aromatic N) is 5. The van der Waals surface area contributed by atoms with Crippen molar-refractivity contribution in [2.75, 3.05) is 11.1 Å². The van der Waals surface area contributed by atoms with Crippen LogP contribution in [0.4, 0.5) is 38.0 Å². The first-order valence-corrected chi connectivity index (χ1v) is 12.4. The molecular formula is C26H23F6N7O2. The molecule has 2 amide bonds. The number of hydrogen-bond donors (Lipinski definition) is 2. The molecule has 0 saturated carbocycles. The minimum Gasteiger partial charge on any atom is -0.383 e. The van der Waals surface area contributed by atoms with Crippen LogP contribution in [0.3, 0.4) is 0 Å². The van der Waals surface area contributed by atoms with E-state index in [-0.39, 0.29) is 40.0 Å². The zero-order valence-electron chi connectivity index (χ0n) is 21.6. The van der Waals surface area contributed by atoms with Crippen LogP contribution in [0.25, 0.3) is 21.9 Å². The van der Waals surface area contributed by atoms with Crippen LogP contribution in [-0.2, 0) is 28.5 Å². The van der Waals surface area contributed by atoms with Gasteiger partial charge in [0.15, 0.2) is 0 Å². The fraction of sp³-hybridized carbons (Fsp3) is 0.346. The molecular weight excluding hydrogens is 556 g/mol. The van der Waals surface area contributed by atoms with Crippen molar-refractivity contribution in [3.05, 3.63) is 53.5 Å². The summed E-state index contributed by atoms with van der Waals surface area (Å²) in [7, 11) is 0. The number of halogens is 6. The molecule has 0 unspecified atom stereocenters. The molecule has 15 heteroatoms. The van der Waals surface area contributed by atoms with Gasteiger partial charge < -0.3 is 20.5 Å². The van der Waals surface area contributed by atoms with E-state index in [1.54, 1.807) is 6.92 Å². The van der Waals surface area contributed by atoms with Crippen molar-refractivity contribution in [2.45, 2.75) is 57.7 Å². The number of rotatable bonds is 4. The number of hydrogen-bond acceptors (Lipinski definition) is 6. The van der Waals surface area contributed by atoms with Crippen LogP contribution in [-0.4, -0.2) is 48.3 Å². The number of nitrogens with one attached hydrogen (secondary N) is 1. The van der Waals surface area contributed by atoms with Crippen LogP contribution in [0.5, 0.6) is 0 Å². The zero-order chi connectivity index (χ0) is 29.9. The number of amides is 2. The number of aryl methyl sites for hydroxylation is 1. The first-order valence-electron chi connectivity index (χ1n) is 12.4. The number of nitrogen functional groups attached to an aromatic ring is 1. The van der Waals surface area contributed by atoms with E-state index in [1.165, 1.54) is 22.5 Å². The molecule has 2 atom stereocenters. The molecule has 0 spiro atoms. The lowest BCUT2D eigenvalue weighted by atomic mass is 10.1. The molecule has 3 aromatic heterocycles. The Hall–Kier alpha value is -4.43. The normalized spacial score (nSPS) is 17.9. The van der Waals surface area contributed by atoms with Crippen LogP contribution in [0, 0.1) is 6.92 Å². The Balaban J connectivity index is 1.49. The van der Waals surface area contributed by atoms with Crippen LogP contribution in [0.2, 0.25) is 0 Å². The third kappa shape index (κ3) is 5.11. The lowest BCUT2D eigenvalue weighted by Crippen LogP contribution is -2.47. The average Bonchev–Trinajstić information content (AvgIpc) is 3.42. The second-order valence-electron chi connectivity index (χ2n) is 9.87. The van der Waals surface area contributed by atoms with Crippen molar-refractivity contribution >= 4 is 45.4 Å². The Kier molecular flexibility index (Phi) is 6.78. The first-order chi connectivity index (χ1) is 19.2. The van der Waals surface area contributed by atoms with Gasteiger partial charge in [-0.05, 0) is 56.5 Å². The number of nitrogens with two attached hydrogens (primary N) is 1. The molecule has 0 radical (unpaired) electrons. The maximum Gasteiger partial charge on any atom is 0.433 e. The minimum absolute atomic E-state index is 0.0645. The van der Waals surface area contributed by atoms with Crippen molar-refractivity contribution in [3.63, 3.8) is 0 Å². The monoisotopic (exact) mass is 579 g/mol. The largest absolute Gasteiger partial charge is 0.433 e. The van der Waals surface area contributed by atoms with Gasteiger partial charge in [-0.3, -0.25) is 9.59 Å². The fourth-order valence-corrected chi connectivity index (χ4v) is 5.35. The molecule has 41 heavy (non-hydrogen) atoms. The molecule has 4 aromatic rings. The summed E-state index contributed by atoms with van der Waals surface area (Å²) in [5.41, 5.74) is 4.61. The fourth-order valence-electron chi connectivity index (χ4n) is 5.35. The zero-order valence-corrected chi connectivity index (χ0v) is 21.6. The second-order valence-corrected chi connectivity index (χ2v) is 9.87. The predicted molar refractivity (Wildman–Crippen MR) is 136 cm³/mol. The number of fused-ring (bicyclic) bond motifs is 3. The van der Waals surface area contributed by atoms with Crippen LogP contribution in [0.1, 0.15) is 36.6 Å². The number of carbonyl (C=O) groups excluding carboxylic acids is 2. The van der Waals surface area contributed by atoms with Crippen molar-refractivity contribution in [2.24, 2.45) is 0 Å². The molecule has 4 heterocycles. The Morgan fingerprint density at radius 1 is 1.07 bits per heavy atom. The van der Waals surface area contributed by atoms with E-state index in [0.717, 1.165) is 30.6 Å². The number of likely N-dealkylation sites (tertiary alicyclic amines) is 1. The van der Waals surface area contributed by atoms with Gasteiger partial charge in [0.1, 0.15) is 41.9 Å². The third-order valence-corrected chi connectivity index (χ3v) is 7.12. The molecule has 1 fully saturated rings. The number of carbonyl (C=O) groups is 2. The van der Waals surface area contributed by atoms with E-state index < -0.39 is 54.1 Å². The minimum atomic E-state index is -4.71. The quantitative estimate of drug-likeness (QED) is 0.331.